The van der Waals surface area contributed by atoms with E-state index in [-0.39, 0.29) is 24.8 Å². The Bertz CT molecular complexity index is 832. The van der Waals surface area contributed by atoms with Crippen molar-refractivity contribution in [1.82, 2.24) is 20.1 Å². The zero-order chi connectivity index (χ0) is 16.9. The van der Waals surface area contributed by atoms with Crippen LogP contribution in [0.2, 0.25) is 0 Å². The van der Waals surface area contributed by atoms with Gasteiger partial charge in [0, 0.05) is 12.1 Å². The first kappa shape index (κ1) is 15.8. The topological polar surface area (TPSA) is 80.0 Å². The molecule has 0 aliphatic heterocycles. The lowest BCUT2D eigenvalue weighted by atomic mass is 10.2. The van der Waals surface area contributed by atoms with E-state index in [2.05, 4.69) is 15.4 Å². The second-order valence-electron chi connectivity index (χ2n) is 4.99. The number of aromatic nitrogens is 3. The Morgan fingerprint density at radius 1 is 1.12 bits per heavy atom. The molecule has 24 heavy (non-hydrogen) atoms. The summed E-state index contributed by atoms with van der Waals surface area (Å²) in [7, 11) is 0. The second-order valence-corrected chi connectivity index (χ2v) is 4.99. The molecule has 0 aliphatic carbocycles. The summed E-state index contributed by atoms with van der Waals surface area (Å²) in [5, 5.41) is 15.6. The highest BCUT2D eigenvalue weighted by Gasteiger charge is 2.18. The van der Waals surface area contributed by atoms with Crippen LogP contribution in [0.1, 0.15) is 10.6 Å². The van der Waals surface area contributed by atoms with Crippen molar-refractivity contribution in [2.45, 2.75) is 0 Å². The Kier molecular flexibility index (Phi) is 4.62. The first-order valence-electron chi connectivity index (χ1n) is 7.36. The van der Waals surface area contributed by atoms with Gasteiger partial charge in [-0.3, -0.25) is 4.79 Å². The molecule has 6 nitrogen and oxygen atoms in total. The molecule has 0 spiro atoms. The van der Waals surface area contributed by atoms with Crippen molar-refractivity contribution in [2.75, 3.05) is 13.2 Å². The summed E-state index contributed by atoms with van der Waals surface area (Å²) in [4.78, 5) is 16.4. The molecule has 122 valence electrons. The van der Waals surface area contributed by atoms with Crippen LogP contribution in [0.25, 0.3) is 17.1 Å². The highest BCUT2D eigenvalue weighted by atomic mass is 19.1. The predicted molar refractivity (Wildman–Crippen MR) is 86.2 cm³/mol. The van der Waals surface area contributed by atoms with Crippen LogP contribution >= 0.6 is 0 Å². The molecule has 0 bridgehead atoms. The summed E-state index contributed by atoms with van der Waals surface area (Å²) >= 11 is 0. The summed E-state index contributed by atoms with van der Waals surface area (Å²) in [6, 6.07) is 15.0. The maximum absolute atomic E-state index is 13.2. The quantitative estimate of drug-likeness (QED) is 0.749. The van der Waals surface area contributed by atoms with Crippen molar-refractivity contribution in [3.63, 3.8) is 0 Å². The van der Waals surface area contributed by atoms with E-state index < -0.39 is 5.91 Å². The van der Waals surface area contributed by atoms with Crippen LogP contribution < -0.4 is 5.32 Å². The fourth-order valence-electron chi connectivity index (χ4n) is 2.19. The molecule has 0 radical (unpaired) electrons. The van der Waals surface area contributed by atoms with E-state index in [0.29, 0.717) is 11.5 Å². The first-order valence-corrected chi connectivity index (χ1v) is 7.36. The number of hydrogen-bond acceptors (Lipinski definition) is 4. The molecular weight excluding hydrogens is 311 g/mol. The molecule has 2 N–H and O–H groups in total. The third kappa shape index (κ3) is 3.31. The lowest BCUT2D eigenvalue weighted by molar-refractivity contribution is 0.0934. The Morgan fingerprint density at radius 2 is 1.83 bits per heavy atom. The summed E-state index contributed by atoms with van der Waals surface area (Å²) in [6.45, 7) is -0.0550. The highest BCUT2D eigenvalue weighted by Crippen LogP contribution is 2.21. The summed E-state index contributed by atoms with van der Waals surface area (Å²) in [5.41, 5.74) is 1.36. The predicted octanol–water partition coefficient (Wildman–Crippen LogP) is 1.80. The number of halogens is 1. The van der Waals surface area contributed by atoms with E-state index in [1.54, 1.807) is 12.1 Å². The second kappa shape index (κ2) is 7.01. The Morgan fingerprint density at radius 3 is 2.50 bits per heavy atom. The maximum Gasteiger partial charge on any atom is 0.291 e. The molecule has 0 aliphatic rings. The van der Waals surface area contributed by atoms with Crippen molar-refractivity contribution >= 4 is 5.91 Å². The van der Waals surface area contributed by atoms with E-state index in [4.69, 9.17) is 5.11 Å². The van der Waals surface area contributed by atoms with Gasteiger partial charge in [-0.25, -0.2) is 14.1 Å². The smallest absolute Gasteiger partial charge is 0.291 e. The SMILES string of the molecule is O=C(NCCO)c1nc(-c2ccccc2)n(-c2ccc(F)cc2)n1. The number of nitrogens with one attached hydrogen (secondary N) is 1. The first-order chi connectivity index (χ1) is 11.7. The third-order valence-electron chi connectivity index (χ3n) is 3.31. The van der Waals surface area contributed by atoms with Crippen LogP contribution in [0.4, 0.5) is 4.39 Å². The van der Waals surface area contributed by atoms with Crippen LogP contribution in [0, 0.1) is 5.82 Å². The molecule has 3 aromatic rings. The van der Waals surface area contributed by atoms with E-state index >= 15 is 0 Å². The van der Waals surface area contributed by atoms with E-state index in [0.717, 1.165) is 5.56 Å². The molecule has 0 saturated carbocycles. The molecule has 2 aromatic carbocycles. The van der Waals surface area contributed by atoms with Gasteiger partial charge in [0.1, 0.15) is 5.82 Å². The average Bonchev–Trinajstić information content (AvgIpc) is 3.06. The fourth-order valence-corrected chi connectivity index (χ4v) is 2.19. The van der Waals surface area contributed by atoms with Gasteiger partial charge in [0.15, 0.2) is 5.82 Å². The summed E-state index contributed by atoms with van der Waals surface area (Å²) < 4.78 is 14.7. The Hall–Kier alpha value is -3.06. The average molecular weight is 326 g/mol. The maximum atomic E-state index is 13.2. The molecule has 1 heterocycles. The lowest BCUT2D eigenvalue weighted by Crippen LogP contribution is -2.27. The molecule has 0 fully saturated rings. The molecule has 0 atom stereocenters. The van der Waals surface area contributed by atoms with Crippen molar-refractivity contribution < 1.29 is 14.3 Å². The molecule has 0 unspecified atom stereocenters. The van der Waals surface area contributed by atoms with Crippen LogP contribution in [0.5, 0.6) is 0 Å². The van der Waals surface area contributed by atoms with Gasteiger partial charge < -0.3 is 10.4 Å². The lowest BCUT2D eigenvalue weighted by Gasteiger charge is -2.05. The van der Waals surface area contributed by atoms with Crippen LogP contribution in [0.3, 0.4) is 0 Å². The van der Waals surface area contributed by atoms with E-state index in [1.807, 2.05) is 30.3 Å². The number of carbonyl (C=O) groups excluding carboxylic acids is 1. The Labute approximate surface area is 137 Å². The van der Waals surface area contributed by atoms with Crippen LogP contribution in [0.15, 0.2) is 54.6 Å². The van der Waals surface area contributed by atoms with Crippen LogP contribution in [-0.2, 0) is 0 Å². The zero-order valence-corrected chi connectivity index (χ0v) is 12.7. The van der Waals surface area contributed by atoms with E-state index in [9.17, 15) is 9.18 Å². The number of aliphatic hydroxyl groups is 1. The number of hydrogen-bond donors (Lipinski definition) is 2. The summed E-state index contributed by atoms with van der Waals surface area (Å²) in [5.74, 6) is -0.397. The van der Waals surface area contributed by atoms with Gasteiger partial charge in [-0.05, 0) is 24.3 Å². The number of aliphatic hydroxyl groups excluding tert-OH is 1. The van der Waals surface area contributed by atoms with Gasteiger partial charge in [0.25, 0.3) is 5.91 Å². The monoisotopic (exact) mass is 326 g/mol. The van der Waals surface area contributed by atoms with E-state index in [1.165, 1.54) is 16.8 Å². The highest BCUT2D eigenvalue weighted by molar-refractivity contribution is 5.91. The number of amides is 1. The number of benzene rings is 2. The minimum Gasteiger partial charge on any atom is -0.395 e. The standard InChI is InChI=1S/C17H15FN4O2/c18-13-6-8-14(9-7-13)22-16(12-4-2-1-3-5-12)20-15(21-22)17(24)19-10-11-23/h1-9,23H,10-11H2,(H,19,24). The third-order valence-corrected chi connectivity index (χ3v) is 3.31. The number of rotatable bonds is 5. The van der Waals surface area contributed by atoms with Gasteiger partial charge >= 0.3 is 0 Å². The van der Waals surface area contributed by atoms with Gasteiger partial charge in [-0.15, -0.1) is 5.10 Å². The Balaban J connectivity index is 2.06. The van der Waals surface area contributed by atoms with Gasteiger partial charge in [0.2, 0.25) is 5.82 Å². The van der Waals surface area contributed by atoms with Crippen molar-refractivity contribution in [3.05, 3.63) is 66.2 Å². The van der Waals surface area contributed by atoms with Crippen molar-refractivity contribution in [2.24, 2.45) is 0 Å². The largest absolute Gasteiger partial charge is 0.395 e. The molecule has 7 heteroatoms. The zero-order valence-electron chi connectivity index (χ0n) is 12.7. The van der Waals surface area contributed by atoms with Gasteiger partial charge in [-0.2, -0.15) is 0 Å². The van der Waals surface area contributed by atoms with Crippen molar-refractivity contribution in [1.29, 1.82) is 0 Å². The summed E-state index contributed by atoms with van der Waals surface area (Å²) in [6.07, 6.45) is 0. The molecule has 3 rings (SSSR count). The number of carbonyl (C=O) groups is 1. The normalized spacial score (nSPS) is 10.6. The number of nitrogens with zero attached hydrogens (tertiary/aromatic N) is 3. The minimum atomic E-state index is -0.484. The molecule has 1 aromatic heterocycles. The molecule has 0 saturated heterocycles. The fraction of sp³-hybridized carbons (Fsp3) is 0.118. The van der Waals surface area contributed by atoms with Crippen LogP contribution in [-0.4, -0.2) is 38.9 Å². The van der Waals surface area contributed by atoms with Gasteiger partial charge in [0.05, 0.1) is 12.3 Å². The van der Waals surface area contributed by atoms with Crippen molar-refractivity contribution in [3.8, 4) is 17.1 Å². The molecular formula is C17H15FN4O2. The minimum absolute atomic E-state index is 0.0216. The molecule has 1 amide bonds. The van der Waals surface area contributed by atoms with Gasteiger partial charge in [-0.1, -0.05) is 30.3 Å².